The summed E-state index contributed by atoms with van der Waals surface area (Å²) in [5.41, 5.74) is 0. The van der Waals surface area contributed by atoms with Gasteiger partial charge in [0.05, 0.1) is 0 Å². The Morgan fingerprint density at radius 3 is 2.58 bits per heavy atom. The molecule has 0 radical (unpaired) electrons. The Morgan fingerprint density at radius 1 is 1.42 bits per heavy atom. The third-order valence-corrected chi connectivity index (χ3v) is 3.07. The van der Waals surface area contributed by atoms with Crippen molar-refractivity contribution >= 4 is 11.6 Å². The van der Waals surface area contributed by atoms with Crippen LogP contribution in [0.1, 0.15) is 39.5 Å². The molecule has 0 saturated heterocycles. The van der Waals surface area contributed by atoms with Crippen molar-refractivity contribution in [1.82, 2.24) is 0 Å². The van der Waals surface area contributed by atoms with E-state index in [-0.39, 0.29) is 0 Å². The molecule has 0 fully saturated rings. The number of hydrogen-bond donors (Lipinski definition) is 0. The maximum absolute atomic E-state index is 6.03. The van der Waals surface area contributed by atoms with Gasteiger partial charge >= 0.3 is 0 Å². The lowest BCUT2D eigenvalue weighted by atomic mass is 9.85. The summed E-state index contributed by atoms with van der Waals surface area (Å²) in [6, 6.07) is 0. The second-order valence-electron chi connectivity index (χ2n) is 3.85. The highest BCUT2D eigenvalue weighted by molar-refractivity contribution is 6.20. The fraction of sp³-hybridized carbons (Fsp3) is 0.818. The van der Waals surface area contributed by atoms with Crippen LogP contribution in [0.4, 0.5) is 0 Å². The Kier molecular flexibility index (Phi) is 4.14. The van der Waals surface area contributed by atoms with E-state index in [9.17, 15) is 0 Å². The maximum Gasteiger partial charge on any atom is 0.0370 e. The van der Waals surface area contributed by atoms with Gasteiger partial charge in [-0.15, -0.1) is 11.6 Å². The van der Waals surface area contributed by atoms with Gasteiger partial charge in [-0.2, -0.15) is 0 Å². The van der Waals surface area contributed by atoms with Crippen molar-refractivity contribution in [2.24, 2.45) is 11.8 Å². The normalized spacial score (nSPS) is 31.9. The average molecular weight is 187 g/mol. The standard InChI is InChI=1S/C11H19Cl/c1-3-4-10-5-7-11(8-6-10)9(2)12/h5,7,9-11H,3-4,6,8H2,1-2H3/t9?,10?,11-/m0/s1. The molecule has 0 spiro atoms. The molecule has 0 saturated carbocycles. The van der Waals surface area contributed by atoms with Crippen LogP contribution in [0.3, 0.4) is 0 Å². The molecule has 12 heavy (non-hydrogen) atoms. The molecule has 0 aliphatic heterocycles. The molecule has 1 rings (SSSR count). The highest BCUT2D eigenvalue weighted by atomic mass is 35.5. The summed E-state index contributed by atoms with van der Waals surface area (Å²) in [5.74, 6) is 1.46. The number of halogens is 1. The summed E-state index contributed by atoms with van der Waals surface area (Å²) < 4.78 is 0. The second kappa shape index (κ2) is 4.91. The molecule has 0 aromatic carbocycles. The fourth-order valence-corrected chi connectivity index (χ4v) is 2.10. The van der Waals surface area contributed by atoms with E-state index < -0.39 is 0 Å². The first kappa shape index (κ1) is 10.1. The minimum Gasteiger partial charge on any atom is -0.123 e. The molecule has 0 amide bonds. The summed E-state index contributed by atoms with van der Waals surface area (Å²) in [6.45, 7) is 4.35. The molecular formula is C11H19Cl. The van der Waals surface area contributed by atoms with Crippen LogP contribution in [0.2, 0.25) is 0 Å². The summed E-state index contributed by atoms with van der Waals surface area (Å²) in [4.78, 5) is 0. The van der Waals surface area contributed by atoms with Crippen LogP contribution in [-0.2, 0) is 0 Å². The van der Waals surface area contributed by atoms with Gasteiger partial charge in [-0.1, -0.05) is 25.5 Å². The van der Waals surface area contributed by atoms with Crippen LogP contribution in [0, 0.1) is 11.8 Å². The Balaban J connectivity index is 2.36. The molecular weight excluding hydrogens is 168 g/mol. The molecule has 0 nitrogen and oxygen atoms in total. The minimum atomic E-state index is 0.309. The van der Waals surface area contributed by atoms with E-state index in [2.05, 4.69) is 26.0 Å². The molecule has 1 heteroatoms. The Morgan fingerprint density at radius 2 is 2.17 bits per heavy atom. The van der Waals surface area contributed by atoms with Gasteiger partial charge in [0.25, 0.3) is 0 Å². The minimum absolute atomic E-state index is 0.309. The van der Waals surface area contributed by atoms with Crippen molar-refractivity contribution in [1.29, 1.82) is 0 Å². The summed E-state index contributed by atoms with van der Waals surface area (Å²) >= 11 is 6.03. The number of alkyl halides is 1. The van der Waals surface area contributed by atoms with Gasteiger partial charge in [0.1, 0.15) is 0 Å². The quantitative estimate of drug-likeness (QED) is 0.462. The SMILES string of the molecule is CCCC1C=C[C@H](C(C)Cl)CC1. The molecule has 3 atom stereocenters. The van der Waals surface area contributed by atoms with Crippen LogP contribution in [-0.4, -0.2) is 5.38 Å². The highest BCUT2D eigenvalue weighted by Gasteiger charge is 2.18. The van der Waals surface area contributed by atoms with Crippen LogP contribution in [0.15, 0.2) is 12.2 Å². The zero-order chi connectivity index (χ0) is 8.97. The molecule has 0 heterocycles. The van der Waals surface area contributed by atoms with Crippen molar-refractivity contribution in [2.75, 3.05) is 0 Å². The van der Waals surface area contributed by atoms with Crippen LogP contribution >= 0.6 is 11.6 Å². The molecule has 0 bridgehead atoms. The second-order valence-corrected chi connectivity index (χ2v) is 4.54. The summed E-state index contributed by atoms with van der Waals surface area (Å²) in [7, 11) is 0. The van der Waals surface area contributed by atoms with E-state index in [1.165, 1.54) is 25.7 Å². The topological polar surface area (TPSA) is 0 Å². The third-order valence-electron chi connectivity index (χ3n) is 2.75. The summed E-state index contributed by atoms with van der Waals surface area (Å²) in [5, 5.41) is 0.309. The number of rotatable bonds is 3. The van der Waals surface area contributed by atoms with Crippen molar-refractivity contribution in [2.45, 2.75) is 44.9 Å². The lowest BCUT2D eigenvalue weighted by Crippen LogP contribution is -2.15. The first-order valence-corrected chi connectivity index (χ1v) is 5.50. The predicted octanol–water partition coefficient (Wildman–Crippen LogP) is 4.00. The molecule has 70 valence electrons. The monoisotopic (exact) mass is 186 g/mol. The van der Waals surface area contributed by atoms with E-state index in [0.717, 1.165) is 5.92 Å². The molecule has 0 N–H and O–H groups in total. The molecule has 1 aliphatic carbocycles. The molecule has 0 aromatic rings. The zero-order valence-electron chi connectivity index (χ0n) is 8.09. The van der Waals surface area contributed by atoms with Gasteiger partial charge in [0, 0.05) is 5.38 Å². The predicted molar refractivity (Wildman–Crippen MR) is 55.6 cm³/mol. The van der Waals surface area contributed by atoms with Crippen LogP contribution in [0.25, 0.3) is 0 Å². The molecule has 1 aliphatic rings. The smallest absolute Gasteiger partial charge is 0.0370 e. The summed E-state index contributed by atoms with van der Waals surface area (Å²) in [6.07, 6.45) is 9.96. The van der Waals surface area contributed by atoms with E-state index in [1.54, 1.807) is 0 Å². The average Bonchev–Trinajstić information content (AvgIpc) is 2.06. The molecule has 2 unspecified atom stereocenters. The zero-order valence-corrected chi connectivity index (χ0v) is 8.85. The first-order chi connectivity index (χ1) is 5.74. The van der Waals surface area contributed by atoms with Crippen LogP contribution < -0.4 is 0 Å². The number of allylic oxidation sites excluding steroid dienone is 2. The highest BCUT2D eigenvalue weighted by Crippen LogP contribution is 2.28. The Bertz CT molecular complexity index is 149. The number of hydrogen-bond acceptors (Lipinski definition) is 0. The lowest BCUT2D eigenvalue weighted by Gasteiger charge is -2.23. The van der Waals surface area contributed by atoms with Crippen molar-refractivity contribution in [3.05, 3.63) is 12.2 Å². The van der Waals surface area contributed by atoms with E-state index in [4.69, 9.17) is 11.6 Å². The van der Waals surface area contributed by atoms with Gasteiger partial charge in [-0.25, -0.2) is 0 Å². The Hall–Kier alpha value is 0.0300. The van der Waals surface area contributed by atoms with Gasteiger partial charge < -0.3 is 0 Å². The maximum atomic E-state index is 6.03. The third kappa shape index (κ3) is 2.82. The lowest BCUT2D eigenvalue weighted by molar-refractivity contribution is 0.430. The van der Waals surface area contributed by atoms with E-state index in [0.29, 0.717) is 11.3 Å². The Labute approximate surface area is 81.0 Å². The van der Waals surface area contributed by atoms with Crippen LogP contribution in [0.5, 0.6) is 0 Å². The van der Waals surface area contributed by atoms with Gasteiger partial charge in [0.15, 0.2) is 0 Å². The van der Waals surface area contributed by atoms with Gasteiger partial charge in [-0.05, 0) is 38.0 Å². The van der Waals surface area contributed by atoms with Crippen molar-refractivity contribution in [3.63, 3.8) is 0 Å². The first-order valence-electron chi connectivity index (χ1n) is 5.06. The van der Waals surface area contributed by atoms with Crippen molar-refractivity contribution < 1.29 is 0 Å². The largest absolute Gasteiger partial charge is 0.123 e. The van der Waals surface area contributed by atoms with Crippen molar-refractivity contribution in [3.8, 4) is 0 Å². The van der Waals surface area contributed by atoms with Gasteiger partial charge in [-0.3, -0.25) is 0 Å². The van der Waals surface area contributed by atoms with E-state index >= 15 is 0 Å². The fourth-order valence-electron chi connectivity index (χ4n) is 1.89. The molecule has 0 aromatic heterocycles. The van der Waals surface area contributed by atoms with E-state index in [1.807, 2.05) is 0 Å². The van der Waals surface area contributed by atoms with Gasteiger partial charge in [0.2, 0.25) is 0 Å².